The summed E-state index contributed by atoms with van der Waals surface area (Å²) >= 11 is 6.00. The van der Waals surface area contributed by atoms with Crippen molar-refractivity contribution in [2.24, 2.45) is 5.16 Å². The van der Waals surface area contributed by atoms with Crippen LogP contribution in [0.1, 0.15) is 11.1 Å². The fourth-order valence-electron chi connectivity index (χ4n) is 2.51. The van der Waals surface area contributed by atoms with Crippen LogP contribution < -0.4 is 4.74 Å². The van der Waals surface area contributed by atoms with Gasteiger partial charge in [-0.2, -0.15) is 0 Å². The summed E-state index contributed by atoms with van der Waals surface area (Å²) in [5.74, 6) is -0.296. The molecule has 0 aliphatic carbocycles. The fourth-order valence-corrected chi connectivity index (χ4v) is 2.72. The molecule has 0 heterocycles. The summed E-state index contributed by atoms with van der Waals surface area (Å²) in [6.07, 6.45) is 1.47. The van der Waals surface area contributed by atoms with Crippen molar-refractivity contribution < 1.29 is 19.5 Å². The van der Waals surface area contributed by atoms with E-state index in [4.69, 9.17) is 21.4 Å². The molecule has 0 aromatic heterocycles. The molecule has 0 spiro atoms. The average Bonchev–Trinajstić information content (AvgIpc) is 2.70. The van der Waals surface area contributed by atoms with Gasteiger partial charge in [-0.1, -0.05) is 65.3 Å². The van der Waals surface area contributed by atoms with Crippen molar-refractivity contribution in [3.8, 4) is 16.9 Å². The lowest BCUT2D eigenvalue weighted by Gasteiger charge is -2.09. The molecule has 0 radical (unpaired) electrons. The molecule has 6 heteroatoms. The van der Waals surface area contributed by atoms with Crippen molar-refractivity contribution in [3.63, 3.8) is 0 Å². The summed E-state index contributed by atoms with van der Waals surface area (Å²) in [7, 11) is 0. The molecule has 0 aliphatic rings. The Labute approximate surface area is 167 Å². The van der Waals surface area contributed by atoms with Gasteiger partial charge in [-0.05, 0) is 46.5 Å². The van der Waals surface area contributed by atoms with Crippen LogP contribution in [0.15, 0.2) is 78.0 Å². The van der Waals surface area contributed by atoms with E-state index in [1.165, 1.54) is 6.21 Å². The number of benzene rings is 3. The predicted molar refractivity (Wildman–Crippen MR) is 109 cm³/mol. The molecular weight excluding hydrogens is 378 g/mol. The first-order valence-corrected chi connectivity index (χ1v) is 8.93. The Bertz CT molecular complexity index is 970. The van der Waals surface area contributed by atoms with Gasteiger partial charge in [0.05, 0.1) is 6.21 Å². The second-order valence-corrected chi connectivity index (χ2v) is 6.41. The zero-order valence-corrected chi connectivity index (χ0v) is 15.7. The third-order valence-electron chi connectivity index (χ3n) is 3.84. The molecule has 0 aliphatic heterocycles. The van der Waals surface area contributed by atoms with E-state index in [2.05, 4.69) is 9.99 Å². The number of halogens is 1. The quantitative estimate of drug-likeness (QED) is 0.429. The molecule has 142 valence electrons. The van der Waals surface area contributed by atoms with Crippen molar-refractivity contribution in [2.45, 2.75) is 6.61 Å². The highest BCUT2D eigenvalue weighted by Crippen LogP contribution is 2.25. The molecule has 0 unspecified atom stereocenters. The standard InChI is InChI=1S/C22H18ClNO4/c23-20-5-1-3-17(11-20)14-27-21-6-2-4-19(12-21)18-9-7-16(8-10-18)13-24-28-15-22(25)26/h1-13H,14-15H2,(H,25,26). The molecule has 3 aromatic carbocycles. The zero-order valence-electron chi connectivity index (χ0n) is 14.9. The van der Waals surface area contributed by atoms with Gasteiger partial charge in [0.25, 0.3) is 0 Å². The van der Waals surface area contributed by atoms with Gasteiger partial charge in [0.15, 0.2) is 0 Å². The number of rotatable bonds is 8. The van der Waals surface area contributed by atoms with Gasteiger partial charge >= 0.3 is 5.97 Å². The summed E-state index contributed by atoms with van der Waals surface area (Å²) < 4.78 is 5.87. The van der Waals surface area contributed by atoms with E-state index in [1.54, 1.807) is 0 Å². The minimum atomic E-state index is -1.06. The van der Waals surface area contributed by atoms with E-state index in [0.717, 1.165) is 28.0 Å². The lowest BCUT2D eigenvalue weighted by molar-refractivity contribution is -0.142. The number of carbonyl (C=O) groups is 1. The molecule has 0 saturated carbocycles. The van der Waals surface area contributed by atoms with E-state index in [0.29, 0.717) is 11.6 Å². The van der Waals surface area contributed by atoms with Crippen LogP contribution in [-0.4, -0.2) is 23.9 Å². The fraction of sp³-hybridized carbons (Fsp3) is 0.0909. The van der Waals surface area contributed by atoms with Gasteiger partial charge in [0.2, 0.25) is 6.61 Å². The van der Waals surface area contributed by atoms with Gasteiger partial charge in [-0.15, -0.1) is 0 Å². The second kappa shape index (κ2) is 9.58. The zero-order chi connectivity index (χ0) is 19.8. The first-order valence-electron chi connectivity index (χ1n) is 8.55. The predicted octanol–water partition coefficient (Wildman–Crippen LogP) is 5.02. The molecule has 28 heavy (non-hydrogen) atoms. The molecule has 0 amide bonds. The molecule has 5 nitrogen and oxygen atoms in total. The molecule has 3 aromatic rings. The first-order chi connectivity index (χ1) is 13.6. The third kappa shape index (κ3) is 5.86. The highest BCUT2D eigenvalue weighted by molar-refractivity contribution is 6.30. The van der Waals surface area contributed by atoms with Crippen LogP contribution >= 0.6 is 11.6 Å². The Kier molecular flexibility index (Phi) is 6.65. The van der Waals surface area contributed by atoms with E-state index in [1.807, 2.05) is 72.8 Å². The van der Waals surface area contributed by atoms with Crippen LogP contribution in [0.25, 0.3) is 11.1 Å². The van der Waals surface area contributed by atoms with Gasteiger partial charge in [0.1, 0.15) is 12.4 Å². The van der Waals surface area contributed by atoms with Gasteiger partial charge in [-0.25, -0.2) is 4.79 Å². The lowest BCUT2D eigenvalue weighted by atomic mass is 10.0. The Balaban J connectivity index is 1.63. The number of carboxylic acid groups (broad SMARTS) is 1. The van der Waals surface area contributed by atoms with Crippen LogP contribution in [0.5, 0.6) is 5.75 Å². The number of oxime groups is 1. The molecule has 0 atom stereocenters. The Morgan fingerprint density at radius 2 is 1.79 bits per heavy atom. The lowest BCUT2D eigenvalue weighted by Crippen LogP contribution is -2.03. The van der Waals surface area contributed by atoms with E-state index >= 15 is 0 Å². The number of hydrogen-bond donors (Lipinski definition) is 1. The highest BCUT2D eigenvalue weighted by atomic mass is 35.5. The average molecular weight is 396 g/mol. The minimum absolute atomic E-state index is 0.440. The number of nitrogens with zero attached hydrogens (tertiary/aromatic N) is 1. The summed E-state index contributed by atoms with van der Waals surface area (Å²) in [5, 5.41) is 12.8. The van der Waals surface area contributed by atoms with Crippen molar-refractivity contribution in [2.75, 3.05) is 6.61 Å². The van der Waals surface area contributed by atoms with Crippen LogP contribution in [-0.2, 0) is 16.2 Å². The van der Waals surface area contributed by atoms with E-state index in [9.17, 15) is 4.79 Å². The van der Waals surface area contributed by atoms with Crippen LogP contribution in [0.2, 0.25) is 5.02 Å². The molecule has 3 rings (SSSR count). The Hall–Kier alpha value is -3.31. The molecule has 0 fully saturated rings. The van der Waals surface area contributed by atoms with Crippen molar-refractivity contribution in [3.05, 3.63) is 88.9 Å². The second-order valence-electron chi connectivity index (χ2n) is 5.97. The normalized spacial score (nSPS) is 10.8. The summed E-state index contributed by atoms with van der Waals surface area (Å²) in [6.45, 7) is -0.0215. The van der Waals surface area contributed by atoms with E-state index < -0.39 is 12.6 Å². The number of ether oxygens (including phenoxy) is 1. The molecular formula is C22H18ClNO4. The molecule has 1 N–H and O–H groups in total. The Morgan fingerprint density at radius 3 is 2.54 bits per heavy atom. The maximum absolute atomic E-state index is 10.4. The first kappa shape index (κ1) is 19.5. The smallest absolute Gasteiger partial charge is 0.344 e. The van der Waals surface area contributed by atoms with E-state index in [-0.39, 0.29) is 0 Å². The maximum atomic E-state index is 10.4. The van der Waals surface area contributed by atoms with Crippen LogP contribution in [0.4, 0.5) is 0 Å². The number of aliphatic carboxylic acids is 1. The highest BCUT2D eigenvalue weighted by Gasteiger charge is 2.02. The summed E-state index contributed by atoms with van der Waals surface area (Å²) in [4.78, 5) is 15.0. The third-order valence-corrected chi connectivity index (χ3v) is 4.07. The number of hydrogen-bond acceptors (Lipinski definition) is 4. The van der Waals surface area contributed by atoms with Crippen LogP contribution in [0.3, 0.4) is 0 Å². The van der Waals surface area contributed by atoms with Crippen molar-refractivity contribution in [1.82, 2.24) is 0 Å². The van der Waals surface area contributed by atoms with Gasteiger partial charge in [0, 0.05) is 5.02 Å². The minimum Gasteiger partial charge on any atom is -0.489 e. The van der Waals surface area contributed by atoms with Crippen molar-refractivity contribution >= 4 is 23.8 Å². The monoisotopic (exact) mass is 395 g/mol. The van der Waals surface area contributed by atoms with Crippen molar-refractivity contribution in [1.29, 1.82) is 0 Å². The topological polar surface area (TPSA) is 68.1 Å². The summed E-state index contributed by atoms with van der Waals surface area (Å²) in [5.41, 5.74) is 3.86. The maximum Gasteiger partial charge on any atom is 0.344 e. The SMILES string of the molecule is O=C(O)CON=Cc1ccc(-c2cccc(OCc3cccc(Cl)c3)c2)cc1. The summed E-state index contributed by atoms with van der Waals surface area (Å²) in [6, 6.07) is 23.1. The largest absolute Gasteiger partial charge is 0.489 e. The number of carboxylic acids is 1. The molecule has 0 bridgehead atoms. The molecule has 0 saturated heterocycles. The van der Waals surface area contributed by atoms with Crippen LogP contribution in [0, 0.1) is 0 Å². The Morgan fingerprint density at radius 1 is 1.00 bits per heavy atom. The van der Waals surface area contributed by atoms with Gasteiger partial charge in [-0.3, -0.25) is 0 Å². The van der Waals surface area contributed by atoms with Gasteiger partial charge < -0.3 is 14.7 Å².